The Morgan fingerprint density at radius 1 is 1.33 bits per heavy atom. The Bertz CT molecular complexity index is 596. The fourth-order valence-corrected chi connectivity index (χ4v) is 2.36. The van der Waals surface area contributed by atoms with Gasteiger partial charge in [-0.25, -0.2) is 0 Å². The Morgan fingerprint density at radius 2 is 2.06 bits per heavy atom. The van der Waals surface area contributed by atoms with Gasteiger partial charge < -0.3 is 9.88 Å². The number of ketones is 1. The van der Waals surface area contributed by atoms with Gasteiger partial charge in [0.15, 0.2) is 5.78 Å². The summed E-state index contributed by atoms with van der Waals surface area (Å²) in [5, 5.41) is 4.17. The molecule has 1 aromatic heterocycles. The second-order valence-corrected chi connectivity index (χ2v) is 4.74. The minimum atomic E-state index is 0.172. The van der Waals surface area contributed by atoms with E-state index in [4.69, 9.17) is 0 Å². The van der Waals surface area contributed by atoms with Crippen molar-refractivity contribution < 1.29 is 4.79 Å². The number of aromatic nitrogens is 1. The van der Waals surface area contributed by atoms with Gasteiger partial charge in [-0.1, -0.05) is 18.6 Å². The molecule has 0 atom stereocenters. The summed E-state index contributed by atoms with van der Waals surface area (Å²) in [5.74, 6) is 0.172. The predicted octanol–water partition coefficient (Wildman–Crippen LogP) is 2.59. The molecule has 0 bridgehead atoms. The zero-order valence-corrected chi connectivity index (χ0v) is 11.5. The van der Waals surface area contributed by atoms with Gasteiger partial charge in [-0.05, 0) is 32.5 Å². The smallest absolute Gasteiger partial charge is 0.179 e. The molecule has 0 aliphatic carbocycles. The SMILES string of the molecule is CCNCC(=O)c1c(C)n(C)c2ccc(C)cc12. The highest BCUT2D eigenvalue weighted by Gasteiger charge is 2.17. The van der Waals surface area contributed by atoms with Crippen molar-refractivity contribution in [2.75, 3.05) is 13.1 Å². The summed E-state index contributed by atoms with van der Waals surface area (Å²) in [6.45, 7) is 7.29. The quantitative estimate of drug-likeness (QED) is 0.839. The molecule has 0 unspecified atom stereocenters. The van der Waals surface area contributed by atoms with Crippen LogP contribution in [0.1, 0.15) is 28.5 Å². The average Bonchev–Trinajstić information content (AvgIpc) is 2.59. The van der Waals surface area contributed by atoms with E-state index in [-0.39, 0.29) is 5.78 Å². The van der Waals surface area contributed by atoms with Crippen molar-refractivity contribution in [3.63, 3.8) is 0 Å². The van der Waals surface area contributed by atoms with Crippen LogP contribution in [-0.2, 0) is 7.05 Å². The number of rotatable bonds is 4. The number of carbonyl (C=O) groups is 1. The second-order valence-electron chi connectivity index (χ2n) is 4.74. The molecule has 18 heavy (non-hydrogen) atoms. The molecule has 1 aromatic carbocycles. The highest BCUT2D eigenvalue weighted by atomic mass is 16.1. The Labute approximate surface area is 108 Å². The fourth-order valence-electron chi connectivity index (χ4n) is 2.36. The molecule has 0 aliphatic rings. The first-order chi connectivity index (χ1) is 8.56. The molecule has 1 heterocycles. The first kappa shape index (κ1) is 12.8. The van der Waals surface area contributed by atoms with Crippen LogP contribution in [0.25, 0.3) is 10.9 Å². The lowest BCUT2D eigenvalue weighted by atomic mass is 10.0. The third kappa shape index (κ3) is 2.06. The molecular formula is C15H20N2O. The van der Waals surface area contributed by atoms with E-state index in [0.29, 0.717) is 6.54 Å². The summed E-state index contributed by atoms with van der Waals surface area (Å²) in [6, 6.07) is 6.27. The standard InChI is InChI=1S/C15H20N2O/c1-5-16-9-14(18)15-11(3)17(4)13-7-6-10(2)8-12(13)15/h6-8,16H,5,9H2,1-4H3. The number of fused-ring (bicyclic) bond motifs is 1. The van der Waals surface area contributed by atoms with E-state index in [1.165, 1.54) is 5.56 Å². The average molecular weight is 244 g/mol. The summed E-state index contributed by atoms with van der Waals surface area (Å²) in [4.78, 5) is 12.3. The van der Waals surface area contributed by atoms with Gasteiger partial charge in [0, 0.05) is 29.2 Å². The molecule has 0 saturated heterocycles. The number of Topliss-reactive ketones (excluding diaryl/α,β-unsaturated/α-hetero) is 1. The lowest BCUT2D eigenvalue weighted by Gasteiger charge is -2.02. The molecule has 0 saturated carbocycles. The number of hydrogen-bond donors (Lipinski definition) is 1. The number of benzene rings is 1. The largest absolute Gasteiger partial charge is 0.347 e. The van der Waals surface area contributed by atoms with E-state index in [2.05, 4.69) is 35.0 Å². The van der Waals surface area contributed by atoms with Crippen LogP contribution in [0.4, 0.5) is 0 Å². The van der Waals surface area contributed by atoms with Gasteiger partial charge in [0.25, 0.3) is 0 Å². The third-order valence-corrected chi connectivity index (χ3v) is 3.46. The number of likely N-dealkylation sites (N-methyl/N-ethyl adjacent to an activating group) is 1. The maximum absolute atomic E-state index is 12.3. The van der Waals surface area contributed by atoms with Gasteiger partial charge in [-0.15, -0.1) is 0 Å². The van der Waals surface area contributed by atoms with Crippen LogP contribution < -0.4 is 5.32 Å². The van der Waals surface area contributed by atoms with Crippen molar-refractivity contribution >= 4 is 16.7 Å². The van der Waals surface area contributed by atoms with E-state index >= 15 is 0 Å². The van der Waals surface area contributed by atoms with Crippen molar-refractivity contribution in [1.29, 1.82) is 0 Å². The van der Waals surface area contributed by atoms with Crippen LogP contribution in [0.2, 0.25) is 0 Å². The van der Waals surface area contributed by atoms with Gasteiger partial charge in [0.1, 0.15) is 0 Å². The third-order valence-electron chi connectivity index (χ3n) is 3.46. The summed E-state index contributed by atoms with van der Waals surface area (Å²) >= 11 is 0. The monoisotopic (exact) mass is 244 g/mol. The molecule has 2 rings (SSSR count). The minimum absolute atomic E-state index is 0.172. The lowest BCUT2D eigenvalue weighted by molar-refractivity contribution is 0.0992. The van der Waals surface area contributed by atoms with Crippen molar-refractivity contribution in [2.45, 2.75) is 20.8 Å². The number of carbonyl (C=O) groups excluding carboxylic acids is 1. The minimum Gasteiger partial charge on any atom is -0.347 e. The Kier molecular flexibility index (Phi) is 3.53. The molecule has 0 spiro atoms. The first-order valence-corrected chi connectivity index (χ1v) is 6.35. The van der Waals surface area contributed by atoms with Crippen LogP contribution in [-0.4, -0.2) is 23.4 Å². The lowest BCUT2D eigenvalue weighted by Crippen LogP contribution is -2.23. The normalized spacial score (nSPS) is 11.1. The zero-order valence-electron chi connectivity index (χ0n) is 11.5. The highest BCUT2D eigenvalue weighted by molar-refractivity contribution is 6.10. The second kappa shape index (κ2) is 4.94. The summed E-state index contributed by atoms with van der Waals surface area (Å²) in [6.07, 6.45) is 0. The summed E-state index contributed by atoms with van der Waals surface area (Å²) < 4.78 is 2.09. The van der Waals surface area contributed by atoms with Crippen LogP contribution in [0.5, 0.6) is 0 Å². The van der Waals surface area contributed by atoms with Crippen LogP contribution in [0.15, 0.2) is 18.2 Å². The van der Waals surface area contributed by atoms with Crippen LogP contribution >= 0.6 is 0 Å². The fraction of sp³-hybridized carbons (Fsp3) is 0.400. The van der Waals surface area contributed by atoms with E-state index in [9.17, 15) is 4.79 Å². The maximum Gasteiger partial charge on any atom is 0.179 e. The molecular weight excluding hydrogens is 224 g/mol. The number of nitrogens with one attached hydrogen (secondary N) is 1. The molecule has 3 heteroatoms. The topological polar surface area (TPSA) is 34.0 Å². The molecule has 1 N–H and O–H groups in total. The Hall–Kier alpha value is -1.61. The van der Waals surface area contributed by atoms with Gasteiger partial charge in [-0.2, -0.15) is 0 Å². The van der Waals surface area contributed by atoms with E-state index < -0.39 is 0 Å². The summed E-state index contributed by atoms with van der Waals surface area (Å²) in [5.41, 5.74) is 4.21. The van der Waals surface area contributed by atoms with E-state index in [1.54, 1.807) is 0 Å². The molecule has 3 nitrogen and oxygen atoms in total. The van der Waals surface area contributed by atoms with Gasteiger partial charge in [0.2, 0.25) is 0 Å². The van der Waals surface area contributed by atoms with E-state index in [1.807, 2.05) is 20.9 Å². The molecule has 2 aromatic rings. The molecule has 0 amide bonds. The van der Waals surface area contributed by atoms with Gasteiger partial charge in [0.05, 0.1) is 6.54 Å². The van der Waals surface area contributed by atoms with Crippen molar-refractivity contribution in [3.8, 4) is 0 Å². The number of aryl methyl sites for hydroxylation is 2. The maximum atomic E-state index is 12.3. The van der Waals surface area contributed by atoms with Gasteiger partial charge in [-0.3, -0.25) is 4.79 Å². The van der Waals surface area contributed by atoms with Gasteiger partial charge >= 0.3 is 0 Å². The molecule has 0 aliphatic heterocycles. The summed E-state index contributed by atoms with van der Waals surface area (Å²) in [7, 11) is 2.01. The highest BCUT2D eigenvalue weighted by Crippen LogP contribution is 2.26. The van der Waals surface area contributed by atoms with Crippen molar-refractivity contribution in [2.24, 2.45) is 7.05 Å². The van der Waals surface area contributed by atoms with Crippen molar-refractivity contribution in [3.05, 3.63) is 35.0 Å². The van der Waals surface area contributed by atoms with Crippen LogP contribution in [0.3, 0.4) is 0 Å². The number of hydrogen-bond acceptors (Lipinski definition) is 2. The predicted molar refractivity (Wildman–Crippen MR) is 75.3 cm³/mol. The Balaban J connectivity index is 2.58. The zero-order chi connectivity index (χ0) is 13.3. The molecule has 0 radical (unpaired) electrons. The molecule has 96 valence electrons. The first-order valence-electron chi connectivity index (χ1n) is 6.35. The Morgan fingerprint density at radius 3 is 2.72 bits per heavy atom. The van der Waals surface area contributed by atoms with E-state index in [0.717, 1.165) is 28.7 Å². The molecule has 0 fully saturated rings. The van der Waals surface area contributed by atoms with Crippen molar-refractivity contribution in [1.82, 2.24) is 9.88 Å². The number of nitrogens with zero attached hydrogens (tertiary/aromatic N) is 1. The van der Waals surface area contributed by atoms with Crippen LogP contribution in [0, 0.1) is 13.8 Å².